The number of hydrogen-bond donors (Lipinski definition) is 2. The normalized spacial score (nSPS) is 13.7. The molecule has 6 rings (SSSR count). The molecule has 7 nitrogen and oxygen atoms in total. The molecule has 0 saturated heterocycles. The molecule has 5 aromatic rings. The molecule has 1 aliphatic heterocycles. The van der Waals surface area contributed by atoms with Gasteiger partial charge in [0.25, 0.3) is 0 Å². The maximum absolute atomic E-state index is 11.8. The Hall–Kier alpha value is -4.39. The molecule has 1 unspecified atom stereocenters. The van der Waals surface area contributed by atoms with Crippen molar-refractivity contribution in [3.63, 3.8) is 0 Å². The largest absolute Gasteiger partial charge is 0.493 e. The van der Waals surface area contributed by atoms with E-state index in [-0.39, 0.29) is 12.5 Å². The highest BCUT2D eigenvalue weighted by Crippen LogP contribution is 2.31. The average Bonchev–Trinajstić information content (AvgIpc) is 3.34. The van der Waals surface area contributed by atoms with Crippen LogP contribution in [-0.2, 0) is 17.6 Å². The van der Waals surface area contributed by atoms with Gasteiger partial charge in [0.05, 0.1) is 24.6 Å². The summed E-state index contributed by atoms with van der Waals surface area (Å²) < 4.78 is 8.07. The molecular formula is C30H28N4O3. The summed E-state index contributed by atoms with van der Waals surface area (Å²) in [7, 11) is 0. The van der Waals surface area contributed by atoms with Gasteiger partial charge in [0.2, 0.25) is 0 Å². The minimum atomic E-state index is -0.856. The number of carboxylic acids is 1. The minimum Gasteiger partial charge on any atom is -0.493 e. The van der Waals surface area contributed by atoms with Gasteiger partial charge in [-0.05, 0) is 66.4 Å². The van der Waals surface area contributed by atoms with Crippen LogP contribution in [0.1, 0.15) is 35.7 Å². The number of aromatic nitrogens is 3. The van der Waals surface area contributed by atoms with Crippen LogP contribution in [0.2, 0.25) is 0 Å². The van der Waals surface area contributed by atoms with Crippen molar-refractivity contribution in [2.45, 2.75) is 31.7 Å². The van der Waals surface area contributed by atoms with Crippen molar-refractivity contribution in [2.75, 3.05) is 18.5 Å². The van der Waals surface area contributed by atoms with Gasteiger partial charge < -0.3 is 19.7 Å². The van der Waals surface area contributed by atoms with Gasteiger partial charge in [-0.2, -0.15) is 0 Å². The zero-order chi connectivity index (χ0) is 25.2. The topological polar surface area (TPSA) is 89.3 Å². The van der Waals surface area contributed by atoms with Crippen molar-refractivity contribution >= 4 is 33.6 Å². The molecule has 0 amide bonds. The first-order valence-electron chi connectivity index (χ1n) is 12.7. The first-order chi connectivity index (χ1) is 18.1. The molecule has 0 fully saturated rings. The van der Waals surface area contributed by atoms with E-state index in [1.165, 1.54) is 5.56 Å². The van der Waals surface area contributed by atoms with Crippen LogP contribution in [0.5, 0.6) is 5.75 Å². The molecular weight excluding hydrogens is 464 g/mol. The van der Waals surface area contributed by atoms with Gasteiger partial charge in [-0.15, -0.1) is 0 Å². The number of ether oxygens (including phenoxy) is 1. The molecule has 186 valence electrons. The minimum absolute atomic E-state index is 0.0370. The number of aryl methyl sites for hydroxylation is 1. The van der Waals surface area contributed by atoms with E-state index < -0.39 is 5.97 Å². The quantitative estimate of drug-likeness (QED) is 0.292. The number of para-hydroxylation sites is 1. The second kappa shape index (κ2) is 9.93. The Labute approximate surface area is 214 Å². The predicted molar refractivity (Wildman–Crippen MR) is 144 cm³/mol. The van der Waals surface area contributed by atoms with Crippen LogP contribution in [0.25, 0.3) is 21.8 Å². The number of anilines is 1. The van der Waals surface area contributed by atoms with Crippen molar-refractivity contribution in [3.8, 4) is 5.75 Å². The van der Waals surface area contributed by atoms with Crippen molar-refractivity contribution in [2.24, 2.45) is 0 Å². The number of aliphatic carboxylic acids is 1. The monoisotopic (exact) mass is 492 g/mol. The van der Waals surface area contributed by atoms with E-state index in [4.69, 9.17) is 9.72 Å². The summed E-state index contributed by atoms with van der Waals surface area (Å²) in [6.07, 6.45) is 6.65. The van der Waals surface area contributed by atoms with Crippen molar-refractivity contribution < 1.29 is 14.6 Å². The highest BCUT2D eigenvalue weighted by atomic mass is 16.5. The van der Waals surface area contributed by atoms with Crippen LogP contribution in [0, 0.1) is 0 Å². The van der Waals surface area contributed by atoms with Crippen molar-refractivity contribution in [1.29, 1.82) is 0 Å². The number of pyridine rings is 2. The zero-order valence-corrected chi connectivity index (χ0v) is 20.4. The predicted octanol–water partition coefficient (Wildman–Crippen LogP) is 5.63. The lowest BCUT2D eigenvalue weighted by Gasteiger charge is -2.19. The fourth-order valence-corrected chi connectivity index (χ4v) is 5.10. The maximum atomic E-state index is 11.8. The molecule has 7 heteroatoms. The number of carbonyl (C=O) groups is 1. The van der Waals surface area contributed by atoms with Crippen LogP contribution in [-0.4, -0.2) is 38.8 Å². The van der Waals surface area contributed by atoms with E-state index in [0.29, 0.717) is 6.61 Å². The summed E-state index contributed by atoms with van der Waals surface area (Å²) in [6.45, 7) is 1.51. The molecule has 3 aromatic heterocycles. The van der Waals surface area contributed by atoms with Gasteiger partial charge in [-0.3, -0.25) is 9.78 Å². The Bertz CT molecular complexity index is 1590. The number of nitrogens with zero attached hydrogens (tertiary/aromatic N) is 3. The van der Waals surface area contributed by atoms with Crippen molar-refractivity contribution in [3.05, 3.63) is 95.9 Å². The highest BCUT2D eigenvalue weighted by Gasteiger charge is 2.20. The summed E-state index contributed by atoms with van der Waals surface area (Å²) in [4.78, 5) is 21.1. The molecule has 0 radical (unpaired) electrons. The molecule has 4 heterocycles. The van der Waals surface area contributed by atoms with E-state index in [0.717, 1.165) is 70.4 Å². The number of benzene rings is 2. The number of carboxylic acid groups (broad SMARTS) is 1. The lowest BCUT2D eigenvalue weighted by Crippen LogP contribution is -2.15. The second-order valence-electron chi connectivity index (χ2n) is 9.46. The van der Waals surface area contributed by atoms with Gasteiger partial charge in [-0.25, -0.2) is 4.98 Å². The Morgan fingerprint density at radius 3 is 2.92 bits per heavy atom. The van der Waals surface area contributed by atoms with Crippen molar-refractivity contribution in [1.82, 2.24) is 14.5 Å². The van der Waals surface area contributed by atoms with Gasteiger partial charge in [0, 0.05) is 47.3 Å². The molecule has 0 spiro atoms. The lowest BCUT2D eigenvalue weighted by molar-refractivity contribution is -0.137. The summed E-state index contributed by atoms with van der Waals surface area (Å²) in [5.74, 6) is 0.929. The third-order valence-corrected chi connectivity index (χ3v) is 6.97. The van der Waals surface area contributed by atoms with E-state index >= 15 is 0 Å². The number of fused-ring (bicyclic) bond motifs is 3. The number of rotatable bonds is 8. The summed E-state index contributed by atoms with van der Waals surface area (Å²) >= 11 is 0. The van der Waals surface area contributed by atoms with Crippen LogP contribution < -0.4 is 10.1 Å². The molecule has 1 atom stereocenters. The zero-order valence-electron chi connectivity index (χ0n) is 20.4. The van der Waals surface area contributed by atoms with E-state index in [1.807, 2.05) is 65.4 Å². The molecule has 0 saturated carbocycles. The third kappa shape index (κ3) is 4.85. The fraction of sp³-hybridized carbons (Fsp3) is 0.233. The molecule has 1 aliphatic rings. The van der Waals surface area contributed by atoms with Gasteiger partial charge >= 0.3 is 5.97 Å². The van der Waals surface area contributed by atoms with Gasteiger partial charge in [0.15, 0.2) is 0 Å². The summed E-state index contributed by atoms with van der Waals surface area (Å²) in [5, 5.41) is 15.0. The molecule has 2 N–H and O–H groups in total. The molecule has 0 bridgehead atoms. The Morgan fingerprint density at radius 2 is 2.00 bits per heavy atom. The Balaban J connectivity index is 1.21. The Morgan fingerprint density at radius 1 is 1.08 bits per heavy atom. The first-order valence-corrected chi connectivity index (χ1v) is 12.7. The highest BCUT2D eigenvalue weighted by molar-refractivity contribution is 5.83. The smallest absolute Gasteiger partial charge is 0.305 e. The summed E-state index contributed by atoms with van der Waals surface area (Å²) in [6, 6.07) is 21.7. The lowest BCUT2D eigenvalue weighted by atomic mass is 10.0. The number of nitrogens with one attached hydrogen (secondary N) is 1. The van der Waals surface area contributed by atoms with E-state index in [2.05, 4.69) is 22.4 Å². The fourth-order valence-electron chi connectivity index (χ4n) is 5.10. The Kier molecular flexibility index (Phi) is 6.18. The second-order valence-corrected chi connectivity index (χ2v) is 9.46. The van der Waals surface area contributed by atoms with Crippen LogP contribution >= 0.6 is 0 Å². The van der Waals surface area contributed by atoms with Gasteiger partial charge in [0.1, 0.15) is 11.6 Å². The third-order valence-electron chi connectivity index (χ3n) is 6.97. The van der Waals surface area contributed by atoms with Crippen LogP contribution in [0.3, 0.4) is 0 Å². The molecule has 0 aliphatic carbocycles. The SMILES string of the molecule is O=C(O)CC(c1cnc2ccccc2c1)n1ccc2cc(OCCc3ccc4c(n3)NCCC4)ccc21. The van der Waals surface area contributed by atoms with E-state index in [1.54, 1.807) is 6.20 Å². The first kappa shape index (κ1) is 23.0. The number of hydrogen-bond acceptors (Lipinski definition) is 5. The van der Waals surface area contributed by atoms with Crippen LogP contribution in [0.4, 0.5) is 5.82 Å². The molecule has 2 aromatic carbocycles. The van der Waals surface area contributed by atoms with Gasteiger partial charge in [-0.1, -0.05) is 24.3 Å². The summed E-state index contributed by atoms with van der Waals surface area (Å²) in [5.41, 5.74) is 5.01. The van der Waals surface area contributed by atoms with Crippen LogP contribution in [0.15, 0.2) is 79.1 Å². The average molecular weight is 493 g/mol. The van der Waals surface area contributed by atoms with E-state index in [9.17, 15) is 9.90 Å². The standard InChI is InChI=1S/C30H28N4O3/c35-29(36)18-28(23-16-21-4-1-2-6-26(21)32-19-23)34-14-11-22-17-25(9-10-27(22)34)37-15-12-24-8-7-20-5-3-13-31-30(20)33-24/h1-2,4,6-11,14,16-17,19,28H,3,5,12-13,15,18H2,(H,31,33)(H,35,36). The maximum Gasteiger partial charge on any atom is 0.305 e. The molecule has 37 heavy (non-hydrogen) atoms.